The minimum atomic E-state index is -4.48. The Labute approximate surface area is 84.3 Å². The maximum atomic E-state index is 12.3. The molecule has 3 nitrogen and oxygen atoms in total. The molecule has 0 atom stereocenters. The molecule has 1 aromatic carbocycles. The van der Waals surface area contributed by atoms with E-state index in [1.807, 2.05) is 0 Å². The summed E-state index contributed by atoms with van der Waals surface area (Å²) in [6.07, 6.45) is -4.48. The lowest BCUT2D eigenvalue weighted by molar-refractivity contribution is -0.137. The second-order valence-corrected chi connectivity index (χ2v) is 2.92. The molecule has 0 aliphatic heterocycles. The van der Waals surface area contributed by atoms with Crippen molar-refractivity contribution in [1.29, 1.82) is 0 Å². The minimum Gasteiger partial charge on any atom is -0.512 e. The van der Waals surface area contributed by atoms with E-state index >= 15 is 0 Å². The summed E-state index contributed by atoms with van der Waals surface area (Å²) in [5, 5.41) is 17.0. The first-order valence-corrected chi connectivity index (χ1v) is 4.01. The van der Waals surface area contributed by atoms with Crippen molar-refractivity contribution >= 4 is 7.32 Å². The van der Waals surface area contributed by atoms with Crippen LogP contribution in [-0.2, 0) is 6.18 Å². The fraction of sp³-hybridized carbons (Fsp3) is 0.250. The predicted molar refractivity (Wildman–Crippen MR) is 47.0 cm³/mol. The average Bonchev–Trinajstić information content (AvgIpc) is 2.06. The molecule has 0 aliphatic rings. The van der Waals surface area contributed by atoms with Crippen LogP contribution in [0.4, 0.5) is 13.2 Å². The van der Waals surface area contributed by atoms with Crippen molar-refractivity contribution in [3.8, 4) is 5.75 Å². The van der Waals surface area contributed by atoms with E-state index in [0.29, 0.717) is 5.56 Å². The lowest BCUT2D eigenvalue weighted by Crippen LogP contribution is -2.21. The van der Waals surface area contributed by atoms with Crippen molar-refractivity contribution in [3.05, 3.63) is 29.3 Å². The first-order valence-electron chi connectivity index (χ1n) is 4.01. The van der Waals surface area contributed by atoms with Gasteiger partial charge in [0.1, 0.15) is 5.75 Å². The lowest BCUT2D eigenvalue weighted by Gasteiger charge is -2.12. The van der Waals surface area contributed by atoms with Crippen LogP contribution >= 0.6 is 0 Å². The number of alkyl halides is 3. The summed E-state index contributed by atoms with van der Waals surface area (Å²) in [6, 6.07) is 2.81. The highest BCUT2D eigenvalue weighted by Gasteiger charge is 2.31. The second kappa shape index (κ2) is 4.12. The summed E-state index contributed by atoms with van der Waals surface area (Å²) >= 11 is 0. The number of benzene rings is 1. The van der Waals surface area contributed by atoms with E-state index in [0.717, 1.165) is 12.1 Å². The molecule has 82 valence electrons. The quantitative estimate of drug-likeness (QED) is 0.739. The smallest absolute Gasteiger partial charge is 0.512 e. The number of aryl methyl sites for hydroxylation is 1. The van der Waals surface area contributed by atoms with Gasteiger partial charge < -0.3 is 14.7 Å². The molecule has 0 bridgehead atoms. The Morgan fingerprint density at radius 2 is 1.87 bits per heavy atom. The third-order valence-corrected chi connectivity index (χ3v) is 1.75. The summed E-state index contributed by atoms with van der Waals surface area (Å²) in [4.78, 5) is 0. The Morgan fingerprint density at radius 3 is 2.33 bits per heavy atom. The first-order chi connectivity index (χ1) is 6.80. The predicted octanol–water partition coefficient (Wildman–Crippen LogP) is 1.36. The standard InChI is InChI=1S/C8H8BF3O3/c1-5-2-3-6(8(10,11)12)4-7(5)15-9(13)14/h2-4,13-14H,1H3. The molecule has 0 unspecified atom stereocenters. The lowest BCUT2D eigenvalue weighted by atomic mass is 10.1. The summed E-state index contributed by atoms with van der Waals surface area (Å²) in [6.45, 7) is 1.50. The normalized spacial score (nSPS) is 11.3. The van der Waals surface area contributed by atoms with Gasteiger partial charge in [0.15, 0.2) is 0 Å². The van der Waals surface area contributed by atoms with Gasteiger partial charge in [0.05, 0.1) is 5.56 Å². The topological polar surface area (TPSA) is 49.7 Å². The molecule has 0 aliphatic carbocycles. The molecular formula is C8H8BF3O3. The van der Waals surface area contributed by atoms with Gasteiger partial charge in [0, 0.05) is 0 Å². The zero-order valence-electron chi connectivity index (χ0n) is 7.75. The van der Waals surface area contributed by atoms with Crippen LogP contribution in [-0.4, -0.2) is 17.4 Å². The number of rotatable bonds is 2. The maximum absolute atomic E-state index is 12.3. The highest BCUT2D eigenvalue weighted by atomic mass is 19.4. The van der Waals surface area contributed by atoms with Crippen LogP contribution in [0.1, 0.15) is 11.1 Å². The SMILES string of the molecule is Cc1ccc(C(F)(F)F)cc1OB(O)O. The van der Waals surface area contributed by atoms with Crippen molar-refractivity contribution in [2.24, 2.45) is 0 Å². The molecular weight excluding hydrogens is 212 g/mol. The first kappa shape index (κ1) is 11.9. The zero-order chi connectivity index (χ0) is 11.6. The Bertz CT molecular complexity index is 351. The van der Waals surface area contributed by atoms with Crippen molar-refractivity contribution in [2.45, 2.75) is 13.1 Å². The minimum absolute atomic E-state index is 0.208. The van der Waals surface area contributed by atoms with Gasteiger partial charge in [0.25, 0.3) is 0 Å². The van der Waals surface area contributed by atoms with Gasteiger partial charge in [-0.2, -0.15) is 13.2 Å². The third kappa shape index (κ3) is 3.14. The van der Waals surface area contributed by atoms with Crippen LogP contribution in [0, 0.1) is 6.92 Å². The fourth-order valence-corrected chi connectivity index (χ4v) is 1.02. The number of hydrogen-bond donors (Lipinski definition) is 2. The number of halogens is 3. The van der Waals surface area contributed by atoms with E-state index in [1.165, 1.54) is 13.0 Å². The van der Waals surface area contributed by atoms with Crippen LogP contribution in [0.25, 0.3) is 0 Å². The van der Waals surface area contributed by atoms with E-state index in [-0.39, 0.29) is 5.75 Å². The molecule has 0 saturated carbocycles. The van der Waals surface area contributed by atoms with E-state index in [4.69, 9.17) is 10.0 Å². The molecule has 7 heteroatoms. The summed E-state index contributed by atoms with van der Waals surface area (Å²) in [5.41, 5.74) is -0.514. The molecule has 0 saturated heterocycles. The molecule has 0 aromatic heterocycles. The zero-order valence-corrected chi connectivity index (χ0v) is 7.75. The molecule has 0 fully saturated rings. The number of hydrogen-bond acceptors (Lipinski definition) is 3. The maximum Gasteiger partial charge on any atom is 0.707 e. The van der Waals surface area contributed by atoms with Gasteiger partial charge in [0.2, 0.25) is 0 Å². The van der Waals surface area contributed by atoms with E-state index in [1.54, 1.807) is 0 Å². The Kier molecular flexibility index (Phi) is 3.26. The summed E-state index contributed by atoms with van der Waals surface area (Å²) in [5.74, 6) is -0.208. The van der Waals surface area contributed by atoms with Gasteiger partial charge in [-0.25, -0.2) is 0 Å². The summed E-state index contributed by atoms with van der Waals surface area (Å²) in [7, 11) is -2.13. The van der Waals surface area contributed by atoms with Crippen molar-refractivity contribution in [2.75, 3.05) is 0 Å². The average molecular weight is 220 g/mol. The highest BCUT2D eigenvalue weighted by Crippen LogP contribution is 2.32. The molecule has 0 spiro atoms. The van der Waals surface area contributed by atoms with Crippen molar-refractivity contribution in [3.63, 3.8) is 0 Å². The van der Waals surface area contributed by atoms with Gasteiger partial charge >= 0.3 is 13.5 Å². The van der Waals surface area contributed by atoms with Gasteiger partial charge in [-0.15, -0.1) is 0 Å². The fourth-order valence-electron chi connectivity index (χ4n) is 1.02. The largest absolute Gasteiger partial charge is 0.707 e. The summed E-state index contributed by atoms with van der Waals surface area (Å²) < 4.78 is 41.2. The Hall–Kier alpha value is -1.21. The third-order valence-electron chi connectivity index (χ3n) is 1.75. The molecule has 1 aromatic rings. The van der Waals surface area contributed by atoms with Crippen molar-refractivity contribution in [1.82, 2.24) is 0 Å². The van der Waals surface area contributed by atoms with Crippen LogP contribution < -0.4 is 4.65 Å². The Balaban J connectivity index is 3.06. The van der Waals surface area contributed by atoms with Gasteiger partial charge in [-0.3, -0.25) is 0 Å². The molecule has 0 radical (unpaired) electrons. The van der Waals surface area contributed by atoms with Crippen LogP contribution in [0.3, 0.4) is 0 Å². The van der Waals surface area contributed by atoms with Gasteiger partial charge in [-0.1, -0.05) is 6.07 Å². The second-order valence-electron chi connectivity index (χ2n) is 2.92. The van der Waals surface area contributed by atoms with Crippen LogP contribution in [0.15, 0.2) is 18.2 Å². The molecule has 0 amide bonds. The van der Waals surface area contributed by atoms with Gasteiger partial charge in [-0.05, 0) is 24.6 Å². The molecule has 15 heavy (non-hydrogen) atoms. The van der Waals surface area contributed by atoms with E-state index in [9.17, 15) is 13.2 Å². The Morgan fingerprint density at radius 1 is 1.27 bits per heavy atom. The highest BCUT2D eigenvalue weighted by molar-refractivity contribution is 6.33. The van der Waals surface area contributed by atoms with Crippen molar-refractivity contribution < 1.29 is 27.9 Å². The molecule has 0 heterocycles. The van der Waals surface area contributed by atoms with Crippen LogP contribution in [0.5, 0.6) is 5.75 Å². The van der Waals surface area contributed by atoms with E-state index in [2.05, 4.69) is 4.65 Å². The molecule has 1 rings (SSSR count). The molecule has 2 N–H and O–H groups in total. The monoisotopic (exact) mass is 220 g/mol. The van der Waals surface area contributed by atoms with E-state index < -0.39 is 19.1 Å². The van der Waals surface area contributed by atoms with Crippen LogP contribution in [0.2, 0.25) is 0 Å².